The summed E-state index contributed by atoms with van der Waals surface area (Å²) >= 11 is 0. The average molecular weight is 990 g/mol. The third-order valence-electron chi connectivity index (χ3n) is 12.9. The van der Waals surface area contributed by atoms with E-state index in [0.29, 0.717) is 19.3 Å². The number of carbonyl (C=O) groups excluding carboxylic acids is 3. The second-order valence-electron chi connectivity index (χ2n) is 19.9. The number of esters is 3. The Labute approximate surface area is 439 Å². The summed E-state index contributed by atoms with van der Waals surface area (Å²) in [6, 6.07) is 0. The number of ether oxygens (including phenoxy) is 3. The Morgan fingerprint density at radius 2 is 0.549 bits per heavy atom. The number of hydrogen-bond acceptors (Lipinski definition) is 6. The molecule has 1 unspecified atom stereocenters. The molecular formula is C65H112O6. The Morgan fingerprint density at radius 1 is 0.296 bits per heavy atom. The molecule has 0 saturated carbocycles. The zero-order chi connectivity index (χ0) is 51.4. The van der Waals surface area contributed by atoms with Crippen LogP contribution in [-0.2, 0) is 28.6 Å². The van der Waals surface area contributed by atoms with E-state index in [-0.39, 0.29) is 37.5 Å². The molecule has 71 heavy (non-hydrogen) atoms. The van der Waals surface area contributed by atoms with E-state index in [1.807, 2.05) is 0 Å². The van der Waals surface area contributed by atoms with Gasteiger partial charge < -0.3 is 14.2 Å². The lowest BCUT2D eigenvalue weighted by Crippen LogP contribution is -2.30. The predicted octanol–water partition coefficient (Wildman–Crippen LogP) is 20.3. The van der Waals surface area contributed by atoms with E-state index in [4.69, 9.17) is 14.2 Å². The highest BCUT2D eigenvalue weighted by molar-refractivity contribution is 5.71. The summed E-state index contributed by atoms with van der Waals surface area (Å²) in [5.74, 6) is -0.966. The largest absolute Gasteiger partial charge is 0.462 e. The van der Waals surface area contributed by atoms with Crippen LogP contribution < -0.4 is 0 Å². The van der Waals surface area contributed by atoms with E-state index >= 15 is 0 Å². The Kier molecular flexibility index (Phi) is 56.3. The van der Waals surface area contributed by atoms with Crippen LogP contribution in [-0.4, -0.2) is 37.2 Å². The molecule has 0 aliphatic heterocycles. The molecular weight excluding hydrogens is 877 g/mol. The molecule has 0 aliphatic carbocycles. The van der Waals surface area contributed by atoms with E-state index < -0.39 is 6.10 Å². The van der Waals surface area contributed by atoms with Crippen molar-refractivity contribution in [3.05, 3.63) is 85.1 Å². The van der Waals surface area contributed by atoms with Crippen molar-refractivity contribution >= 4 is 17.9 Å². The predicted molar refractivity (Wildman–Crippen MR) is 307 cm³/mol. The van der Waals surface area contributed by atoms with Crippen LogP contribution in [0.1, 0.15) is 290 Å². The van der Waals surface area contributed by atoms with Crippen LogP contribution in [0.3, 0.4) is 0 Å². The molecule has 0 bridgehead atoms. The van der Waals surface area contributed by atoms with Crippen molar-refractivity contribution < 1.29 is 28.6 Å². The quantitative estimate of drug-likeness (QED) is 0.0261. The first-order chi connectivity index (χ1) is 35.0. The van der Waals surface area contributed by atoms with E-state index in [0.717, 1.165) is 103 Å². The molecule has 0 radical (unpaired) electrons. The molecule has 0 aromatic heterocycles. The van der Waals surface area contributed by atoms with Crippen molar-refractivity contribution in [2.45, 2.75) is 297 Å². The summed E-state index contributed by atoms with van der Waals surface area (Å²) in [4.78, 5) is 38.1. The zero-order valence-corrected chi connectivity index (χ0v) is 46.7. The maximum atomic E-state index is 12.8. The summed E-state index contributed by atoms with van der Waals surface area (Å²) in [5, 5.41) is 0. The Bertz CT molecular complexity index is 1370. The number of unbranched alkanes of at least 4 members (excludes halogenated alkanes) is 29. The van der Waals surface area contributed by atoms with Gasteiger partial charge >= 0.3 is 17.9 Å². The third-order valence-corrected chi connectivity index (χ3v) is 12.9. The topological polar surface area (TPSA) is 78.9 Å². The number of carbonyl (C=O) groups is 3. The van der Waals surface area contributed by atoms with Crippen molar-refractivity contribution in [1.29, 1.82) is 0 Å². The lowest BCUT2D eigenvalue weighted by Gasteiger charge is -2.18. The fourth-order valence-electron chi connectivity index (χ4n) is 8.45. The van der Waals surface area contributed by atoms with Gasteiger partial charge in [0.25, 0.3) is 0 Å². The highest BCUT2D eigenvalue weighted by Crippen LogP contribution is 2.17. The van der Waals surface area contributed by atoms with Crippen molar-refractivity contribution in [3.63, 3.8) is 0 Å². The molecule has 6 heteroatoms. The second kappa shape index (κ2) is 59.2. The molecule has 0 rings (SSSR count). The number of rotatable bonds is 54. The van der Waals surface area contributed by atoms with Crippen molar-refractivity contribution in [1.82, 2.24) is 0 Å². The van der Waals surface area contributed by atoms with Gasteiger partial charge in [0.15, 0.2) is 6.10 Å². The van der Waals surface area contributed by atoms with Gasteiger partial charge in [-0.1, -0.05) is 266 Å². The Morgan fingerprint density at radius 3 is 0.887 bits per heavy atom. The van der Waals surface area contributed by atoms with Crippen molar-refractivity contribution in [2.75, 3.05) is 13.2 Å². The van der Waals surface area contributed by atoms with Gasteiger partial charge in [-0.05, 0) is 89.9 Å². The second-order valence-corrected chi connectivity index (χ2v) is 19.9. The third kappa shape index (κ3) is 57.4. The maximum absolute atomic E-state index is 12.8. The smallest absolute Gasteiger partial charge is 0.306 e. The van der Waals surface area contributed by atoms with Crippen LogP contribution in [0.25, 0.3) is 0 Å². The molecule has 0 N–H and O–H groups in total. The molecule has 6 nitrogen and oxygen atoms in total. The summed E-state index contributed by atoms with van der Waals surface area (Å²) in [7, 11) is 0. The summed E-state index contributed by atoms with van der Waals surface area (Å²) in [6.45, 7) is 6.37. The molecule has 0 fully saturated rings. The van der Waals surface area contributed by atoms with Gasteiger partial charge in [-0.15, -0.1) is 0 Å². The molecule has 0 aromatic carbocycles. The van der Waals surface area contributed by atoms with Gasteiger partial charge in [0.1, 0.15) is 13.2 Å². The molecule has 0 aromatic rings. The van der Waals surface area contributed by atoms with Gasteiger partial charge in [-0.2, -0.15) is 0 Å². The minimum Gasteiger partial charge on any atom is -0.462 e. The molecule has 0 amide bonds. The monoisotopic (exact) mass is 989 g/mol. The fraction of sp³-hybridized carbons (Fsp3) is 0.738. The van der Waals surface area contributed by atoms with Gasteiger partial charge in [-0.3, -0.25) is 14.4 Å². The summed E-state index contributed by atoms with van der Waals surface area (Å²) < 4.78 is 16.8. The lowest BCUT2D eigenvalue weighted by molar-refractivity contribution is -0.167. The number of allylic oxidation sites excluding steroid dienone is 14. The van der Waals surface area contributed by atoms with Crippen LogP contribution in [0.5, 0.6) is 0 Å². The van der Waals surface area contributed by atoms with Crippen LogP contribution in [0.4, 0.5) is 0 Å². The van der Waals surface area contributed by atoms with Crippen LogP contribution in [0.2, 0.25) is 0 Å². The molecule has 0 spiro atoms. The SMILES string of the molecule is CC/C=C\C/C=C\C/C=C\C/C=C\CCCCC(=O)OC(COC(=O)CCCCC/C=C\C/C=C\C/C=C\CC)COC(=O)CCCCCCCCCCCCCCCCCCCCCCCCCCC. The lowest BCUT2D eigenvalue weighted by atomic mass is 10.0. The standard InChI is InChI=1S/C65H112O6/c1-4-7-10-13-16-19-22-25-27-28-29-30-31-32-33-34-35-36-38-40-43-46-49-52-55-58-64(67)70-61-62(60-69-63(66)57-54-51-48-45-42-39-24-21-18-15-12-9-6-3)71-65(68)59-56-53-50-47-44-41-37-26-23-20-17-14-11-8-5-2/h8-9,11-12,17-18,20-21,26,37,39,42,44,47,62H,4-7,10,13-16,19,22-25,27-36,38,40-41,43,45-46,48-61H2,1-3H3/b11-8-,12-9-,20-17-,21-18-,37-26-,42-39-,47-44-. The van der Waals surface area contributed by atoms with Crippen molar-refractivity contribution in [2.24, 2.45) is 0 Å². The number of hydrogen-bond donors (Lipinski definition) is 0. The normalized spacial score (nSPS) is 12.7. The van der Waals surface area contributed by atoms with Crippen molar-refractivity contribution in [3.8, 4) is 0 Å². The minimum atomic E-state index is -0.810. The summed E-state index contributed by atoms with van der Waals surface area (Å²) in [5.41, 5.74) is 0. The highest BCUT2D eigenvalue weighted by Gasteiger charge is 2.19. The molecule has 1 atom stereocenters. The van der Waals surface area contributed by atoms with E-state index in [1.54, 1.807) is 0 Å². The maximum Gasteiger partial charge on any atom is 0.306 e. The van der Waals surface area contributed by atoms with E-state index in [2.05, 4.69) is 106 Å². The van der Waals surface area contributed by atoms with Crippen LogP contribution >= 0.6 is 0 Å². The first-order valence-electron chi connectivity index (χ1n) is 30.1. The van der Waals surface area contributed by atoms with E-state index in [9.17, 15) is 14.4 Å². The fourth-order valence-corrected chi connectivity index (χ4v) is 8.45. The first-order valence-corrected chi connectivity index (χ1v) is 30.1. The Hall–Kier alpha value is -3.41. The van der Waals surface area contributed by atoms with Gasteiger partial charge in [0, 0.05) is 19.3 Å². The van der Waals surface area contributed by atoms with Gasteiger partial charge in [-0.25, -0.2) is 0 Å². The summed E-state index contributed by atoms with van der Waals surface area (Å²) in [6.07, 6.45) is 77.5. The first kappa shape index (κ1) is 67.6. The minimum absolute atomic E-state index is 0.101. The molecule has 0 heterocycles. The van der Waals surface area contributed by atoms with Crippen LogP contribution in [0.15, 0.2) is 85.1 Å². The van der Waals surface area contributed by atoms with Gasteiger partial charge in [0.05, 0.1) is 0 Å². The molecule has 0 saturated heterocycles. The molecule has 408 valence electrons. The zero-order valence-electron chi connectivity index (χ0n) is 46.7. The molecule has 0 aliphatic rings. The Balaban J connectivity index is 4.30. The van der Waals surface area contributed by atoms with Gasteiger partial charge in [0.2, 0.25) is 0 Å². The highest BCUT2D eigenvalue weighted by atomic mass is 16.6. The average Bonchev–Trinajstić information content (AvgIpc) is 3.37. The van der Waals surface area contributed by atoms with E-state index in [1.165, 1.54) is 141 Å². The van der Waals surface area contributed by atoms with Crippen LogP contribution in [0, 0.1) is 0 Å².